The number of nitrogen functional groups attached to an aromatic ring is 1. The molecule has 1 aliphatic heterocycles. The quantitative estimate of drug-likeness (QED) is 0.446. The van der Waals surface area contributed by atoms with Crippen molar-refractivity contribution in [1.82, 2.24) is 24.8 Å². The van der Waals surface area contributed by atoms with Gasteiger partial charge >= 0.3 is 12.4 Å². The van der Waals surface area contributed by atoms with Gasteiger partial charge in [0, 0.05) is 12.1 Å². The Hall–Kier alpha value is -3.69. The highest BCUT2D eigenvalue weighted by Crippen LogP contribution is 2.39. The molecule has 1 aliphatic rings. The van der Waals surface area contributed by atoms with Crippen LogP contribution in [0.3, 0.4) is 0 Å². The molecule has 0 radical (unpaired) electrons. The van der Waals surface area contributed by atoms with Crippen molar-refractivity contribution in [2.45, 2.75) is 31.5 Å². The zero-order valence-corrected chi connectivity index (χ0v) is 20.3. The van der Waals surface area contributed by atoms with Crippen molar-refractivity contribution in [2.24, 2.45) is 5.92 Å². The number of halogens is 9. The van der Waals surface area contributed by atoms with Gasteiger partial charge in [0.15, 0.2) is 5.82 Å². The van der Waals surface area contributed by atoms with Gasteiger partial charge in [-0.25, -0.2) is 18.3 Å². The fraction of sp³-hybridized carbons (Fsp3) is 0.364. The lowest BCUT2D eigenvalue weighted by molar-refractivity contribution is -0.185. The standard InChI is InChI=1S/C22H17ClF8N6O2/c1-8(21(26,27)28)20(39)36-5-13(25)14(6-36)35-19(38)10-2-9(3-12(24)16(10)23)15-4-11(22(29,30)31)17-18(32)33-7-34-37(15)17/h2-4,7-8,13-14H,5-6H2,1H3,(H,35,38)(H2,32,33,34)/t8?,13-,14+/m0/s1. The number of rotatable bonds is 4. The molecule has 8 nitrogen and oxygen atoms in total. The van der Waals surface area contributed by atoms with Crippen LogP contribution in [0, 0.1) is 11.7 Å². The molecule has 2 amide bonds. The van der Waals surface area contributed by atoms with Crippen LogP contribution in [0.4, 0.5) is 40.9 Å². The van der Waals surface area contributed by atoms with E-state index in [0.717, 1.165) is 23.0 Å². The SMILES string of the molecule is CC(C(=O)N1C[C@H](F)[C@H](NC(=O)c2cc(-c3cc(C(F)(F)F)c4c(N)ncnn34)cc(F)c2Cl)C1)C(F)(F)F. The smallest absolute Gasteiger partial charge is 0.382 e. The highest BCUT2D eigenvalue weighted by molar-refractivity contribution is 6.34. The molecule has 3 atom stereocenters. The first-order valence-corrected chi connectivity index (χ1v) is 11.4. The molecule has 0 saturated carbocycles. The fourth-order valence-corrected chi connectivity index (χ4v) is 4.33. The summed E-state index contributed by atoms with van der Waals surface area (Å²) in [6, 6.07) is 0.817. The summed E-state index contributed by atoms with van der Waals surface area (Å²) in [4.78, 5) is 29.1. The Morgan fingerprint density at radius 3 is 2.44 bits per heavy atom. The van der Waals surface area contributed by atoms with Crippen LogP contribution in [0.2, 0.25) is 5.02 Å². The molecule has 1 unspecified atom stereocenters. The molecule has 1 fully saturated rings. The zero-order chi connectivity index (χ0) is 29.0. The number of alkyl halides is 7. The average Bonchev–Trinajstić information content (AvgIpc) is 3.41. The summed E-state index contributed by atoms with van der Waals surface area (Å²) in [5, 5.41) is 5.13. The Kier molecular flexibility index (Phi) is 7.12. The Bertz CT molecular complexity index is 1460. The monoisotopic (exact) mass is 584 g/mol. The number of nitrogens with zero attached hydrogens (tertiary/aromatic N) is 4. The third-order valence-electron chi connectivity index (χ3n) is 6.19. The predicted molar refractivity (Wildman–Crippen MR) is 121 cm³/mol. The number of anilines is 1. The van der Waals surface area contributed by atoms with E-state index >= 15 is 0 Å². The van der Waals surface area contributed by atoms with E-state index in [1.165, 1.54) is 0 Å². The fourth-order valence-electron chi connectivity index (χ4n) is 4.13. The number of carbonyl (C=O) groups excluding carboxylic acids is 2. The summed E-state index contributed by atoms with van der Waals surface area (Å²) in [5.74, 6) is -6.72. The number of hydrogen-bond acceptors (Lipinski definition) is 5. The number of carbonyl (C=O) groups is 2. The van der Waals surface area contributed by atoms with Gasteiger partial charge in [0.05, 0.1) is 34.4 Å². The maximum Gasteiger partial charge on any atom is 0.418 e. The van der Waals surface area contributed by atoms with Crippen LogP contribution in [0.25, 0.3) is 16.8 Å². The second-order valence-corrected chi connectivity index (χ2v) is 9.15. The summed E-state index contributed by atoms with van der Waals surface area (Å²) in [6.45, 7) is -0.728. The molecule has 0 bridgehead atoms. The predicted octanol–water partition coefficient (Wildman–Crippen LogP) is 4.27. The number of nitrogens with one attached hydrogen (secondary N) is 1. The maximum absolute atomic E-state index is 14.7. The van der Waals surface area contributed by atoms with E-state index in [9.17, 15) is 44.7 Å². The van der Waals surface area contributed by atoms with Gasteiger partial charge in [-0.3, -0.25) is 9.59 Å². The van der Waals surface area contributed by atoms with Crippen LogP contribution in [0.5, 0.6) is 0 Å². The summed E-state index contributed by atoms with van der Waals surface area (Å²) >= 11 is 5.91. The van der Waals surface area contributed by atoms with E-state index in [4.69, 9.17) is 17.3 Å². The number of fused-ring (bicyclic) bond motifs is 1. The molecule has 39 heavy (non-hydrogen) atoms. The molecule has 2 aromatic heterocycles. The van der Waals surface area contributed by atoms with Crippen molar-refractivity contribution in [3.63, 3.8) is 0 Å². The third-order valence-corrected chi connectivity index (χ3v) is 6.58. The van der Waals surface area contributed by atoms with E-state index in [-0.39, 0.29) is 11.3 Å². The van der Waals surface area contributed by atoms with Crippen molar-refractivity contribution in [2.75, 3.05) is 18.8 Å². The molecule has 17 heteroatoms. The second kappa shape index (κ2) is 9.81. The number of aromatic nitrogens is 3. The van der Waals surface area contributed by atoms with Gasteiger partial charge in [0.2, 0.25) is 5.91 Å². The van der Waals surface area contributed by atoms with E-state index < -0.39 is 88.7 Å². The van der Waals surface area contributed by atoms with E-state index in [0.29, 0.717) is 17.9 Å². The number of benzene rings is 1. The van der Waals surface area contributed by atoms with Gasteiger partial charge in [-0.05, 0) is 25.1 Å². The first kappa shape index (κ1) is 28.3. The molecule has 4 rings (SSSR count). The molecular formula is C22H17ClF8N6O2. The Morgan fingerprint density at radius 1 is 1.15 bits per heavy atom. The largest absolute Gasteiger partial charge is 0.418 e. The highest BCUT2D eigenvalue weighted by atomic mass is 35.5. The zero-order valence-electron chi connectivity index (χ0n) is 19.5. The van der Waals surface area contributed by atoms with Gasteiger partial charge in [0.1, 0.15) is 29.8 Å². The molecule has 3 heterocycles. The minimum atomic E-state index is -4.90. The molecule has 3 aromatic rings. The number of likely N-dealkylation sites (tertiary alicyclic amines) is 1. The first-order chi connectivity index (χ1) is 18.0. The van der Waals surface area contributed by atoms with Crippen LogP contribution in [0.1, 0.15) is 22.8 Å². The normalized spacial score (nSPS) is 19.0. The molecule has 1 saturated heterocycles. The Balaban J connectivity index is 1.66. The van der Waals surface area contributed by atoms with E-state index in [1.54, 1.807) is 0 Å². The highest BCUT2D eigenvalue weighted by Gasteiger charge is 2.46. The molecule has 0 aliphatic carbocycles. The third kappa shape index (κ3) is 5.29. The summed E-state index contributed by atoms with van der Waals surface area (Å²) in [7, 11) is 0. The topological polar surface area (TPSA) is 106 Å². The molecular weight excluding hydrogens is 568 g/mol. The molecule has 1 aromatic carbocycles. The molecule has 0 spiro atoms. The second-order valence-electron chi connectivity index (χ2n) is 8.77. The summed E-state index contributed by atoms with van der Waals surface area (Å²) in [6.07, 6.45) is -10.9. The lowest BCUT2D eigenvalue weighted by Gasteiger charge is -2.22. The Labute approximate surface area is 218 Å². The van der Waals surface area contributed by atoms with Crippen molar-refractivity contribution in [1.29, 1.82) is 0 Å². The maximum atomic E-state index is 14.7. The number of nitrogens with two attached hydrogens (primary N) is 1. The van der Waals surface area contributed by atoms with Crippen molar-refractivity contribution in [3.8, 4) is 11.3 Å². The van der Waals surface area contributed by atoms with Gasteiger partial charge in [-0.2, -0.15) is 31.4 Å². The lowest BCUT2D eigenvalue weighted by Crippen LogP contribution is -2.43. The minimum Gasteiger partial charge on any atom is -0.382 e. The summed E-state index contributed by atoms with van der Waals surface area (Å²) < 4.78 is 110. The van der Waals surface area contributed by atoms with Gasteiger partial charge in [0.25, 0.3) is 5.91 Å². The van der Waals surface area contributed by atoms with Crippen LogP contribution in [0.15, 0.2) is 24.5 Å². The average molecular weight is 585 g/mol. The van der Waals surface area contributed by atoms with E-state index in [1.807, 2.05) is 0 Å². The van der Waals surface area contributed by atoms with Crippen LogP contribution in [-0.2, 0) is 11.0 Å². The van der Waals surface area contributed by atoms with Gasteiger partial charge < -0.3 is 16.0 Å². The minimum absolute atomic E-state index is 0.287. The van der Waals surface area contributed by atoms with Crippen LogP contribution >= 0.6 is 11.6 Å². The molecule has 3 N–H and O–H groups in total. The van der Waals surface area contributed by atoms with Crippen molar-refractivity contribution >= 4 is 34.7 Å². The van der Waals surface area contributed by atoms with Crippen LogP contribution in [-0.4, -0.2) is 62.8 Å². The van der Waals surface area contributed by atoms with Crippen LogP contribution < -0.4 is 11.1 Å². The Morgan fingerprint density at radius 2 is 1.82 bits per heavy atom. The van der Waals surface area contributed by atoms with Crippen molar-refractivity contribution < 1.29 is 44.7 Å². The lowest BCUT2D eigenvalue weighted by atomic mass is 10.1. The number of hydrogen-bond donors (Lipinski definition) is 2. The van der Waals surface area contributed by atoms with Gasteiger partial charge in [-0.15, -0.1) is 0 Å². The summed E-state index contributed by atoms with van der Waals surface area (Å²) in [5.41, 5.74) is 2.51. The van der Waals surface area contributed by atoms with Crippen molar-refractivity contribution in [3.05, 3.63) is 46.5 Å². The molecule has 210 valence electrons. The number of amides is 2. The first-order valence-electron chi connectivity index (χ1n) is 11.0. The van der Waals surface area contributed by atoms with Gasteiger partial charge in [-0.1, -0.05) is 11.6 Å². The van der Waals surface area contributed by atoms with E-state index in [2.05, 4.69) is 15.4 Å².